The number of allylic oxidation sites excluding steroid dienone is 3. The van der Waals surface area contributed by atoms with Crippen molar-refractivity contribution in [3.8, 4) is 0 Å². The van der Waals surface area contributed by atoms with E-state index in [0.717, 1.165) is 12.8 Å². The summed E-state index contributed by atoms with van der Waals surface area (Å²) < 4.78 is 5.80. The van der Waals surface area contributed by atoms with Crippen molar-refractivity contribution < 1.29 is 14.3 Å². The molecule has 168 valence electrons. The molecule has 0 bridgehead atoms. The van der Waals surface area contributed by atoms with E-state index < -0.39 is 0 Å². The molecule has 0 aromatic heterocycles. The fourth-order valence-electron chi connectivity index (χ4n) is 7.47. The standard InChI is InChI=1S/C27H37NO3/c1-5-7-18(8-6-2)25(30)31-17-19-9-11-21-20-10-12-23-27(4,16-14-24(29)28-23)22(20)13-15-26(19,21)3/h5-8,14,16,19-23H,1,9-13,15,17H2,2-4H3,(H,28,29)/b8-6-,18-7+. The lowest BCUT2D eigenvalue weighted by Crippen LogP contribution is -2.59. The SMILES string of the molecule is C=C/C=C(\C=C/C)C(=O)OCC1CCC2C3CCC4NC(=O)C=CC4(C)C3CCC12C. The van der Waals surface area contributed by atoms with Crippen LogP contribution in [0.25, 0.3) is 0 Å². The van der Waals surface area contributed by atoms with E-state index in [-0.39, 0.29) is 28.7 Å². The molecule has 0 aromatic rings. The molecule has 3 fully saturated rings. The van der Waals surface area contributed by atoms with Crippen molar-refractivity contribution in [2.45, 2.75) is 65.3 Å². The van der Waals surface area contributed by atoms with E-state index in [0.29, 0.717) is 35.9 Å². The van der Waals surface area contributed by atoms with Crippen molar-refractivity contribution in [3.05, 3.63) is 48.6 Å². The van der Waals surface area contributed by atoms with Gasteiger partial charge in [-0.25, -0.2) is 4.79 Å². The Labute approximate surface area is 186 Å². The first-order chi connectivity index (χ1) is 14.8. The molecule has 31 heavy (non-hydrogen) atoms. The molecule has 1 heterocycles. The van der Waals surface area contributed by atoms with Crippen LogP contribution in [0.4, 0.5) is 0 Å². The van der Waals surface area contributed by atoms with Crippen LogP contribution >= 0.6 is 0 Å². The summed E-state index contributed by atoms with van der Waals surface area (Å²) in [4.78, 5) is 24.5. The van der Waals surface area contributed by atoms with Gasteiger partial charge in [-0.1, -0.05) is 44.7 Å². The van der Waals surface area contributed by atoms with E-state index in [2.05, 4.69) is 31.8 Å². The highest BCUT2D eigenvalue weighted by atomic mass is 16.5. The summed E-state index contributed by atoms with van der Waals surface area (Å²) in [7, 11) is 0. The number of rotatable bonds is 5. The highest BCUT2D eigenvalue weighted by Gasteiger charge is 2.59. The first-order valence-electron chi connectivity index (χ1n) is 12.0. The Morgan fingerprint density at radius 3 is 2.77 bits per heavy atom. The molecule has 4 rings (SSSR count). The zero-order valence-corrected chi connectivity index (χ0v) is 19.2. The van der Waals surface area contributed by atoms with Crippen molar-refractivity contribution in [2.75, 3.05) is 6.61 Å². The van der Waals surface area contributed by atoms with Crippen molar-refractivity contribution in [1.29, 1.82) is 0 Å². The van der Waals surface area contributed by atoms with Gasteiger partial charge in [-0.15, -0.1) is 0 Å². The molecule has 0 radical (unpaired) electrons. The smallest absolute Gasteiger partial charge is 0.338 e. The predicted octanol–water partition coefficient (Wildman–Crippen LogP) is 5.13. The van der Waals surface area contributed by atoms with Crippen LogP contribution in [0.2, 0.25) is 0 Å². The Morgan fingerprint density at radius 2 is 2.03 bits per heavy atom. The van der Waals surface area contributed by atoms with Crippen molar-refractivity contribution in [3.63, 3.8) is 0 Å². The molecular formula is C27H37NO3. The zero-order valence-electron chi connectivity index (χ0n) is 19.2. The molecule has 0 aromatic carbocycles. The lowest BCUT2D eigenvalue weighted by atomic mass is 9.48. The van der Waals surface area contributed by atoms with Gasteiger partial charge in [0.05, 0.1) is 12.2 Å². The van der Waals surface area contributed by atoms with Crippen LogP contribution in [0.1, 0.15) is 59.3 Å². The lowest BCUT2D eigenvalue weighted by Gasteiger charge is -2.58. The van der Waals surface area contributed by atoms with E-state index in [4.69, 9.17) is 4.74 Å². The summed E-state index contributed by atoms with van der Waals surface area (Å²) in [6, 6.07) is 0.274. The van der Waals surface area contributed by atoms with Crippen LogP contribution in [0.5, 0.6) is 0 Å². The molecule has 1 N–H and O–H groups in total. The maximum atomic E-state index is 12.6. The first kappa shape index (κ1) is 22.1. The largest absolute Gasteiger partial charge is 0.462 e. The Kier molecular flexibility index (Phi) is 6.02. The average Bonchev–Trinajstić information content (AvgIpc) is 3.08. The van der Waals surface area contributed by atoms with Crippen LogP contribution in [-0.4, -0.2) is 24.5 Å². The third-order valence-electron chi connectivity index (χ3n) is 9.18. The fourth-order valence-corrected chi connectivity index (χ4v) is 7.47. The van der Waals surface area contributed by atoms with E-state index in [1.54, 1.807) is 24.3 Å². The van der Waals surface area contributed by atoms with Gasteiger partial charge in [0.1, 0.15) is 0 Å². The van der Waals surface area contributed by atoms with E-state index in [1.807, 2.05) is 13.0 Å². The summed E-state index contributed by atoms with van der Waals surface area (Å²) in [5.41, 5.74) is 0.854. The van der Waals surface area contributed by atoms with E-state index in [9.17, 15) is 9.59 Å². The van der Waals surface area contributed by atoms with Crippen molar-refractivity contribution >= 4 is 11.9 Å². The third-order valence-corrected chi connectivity index (χ3v) is 9.18. The van der Waals surface area contributed by atoms with Crippen molar-refractivity contribution in [1.82, 2.24) is 5.32 Å². The van der Waals surface area contributed by atoms with E-state index >= 15 is 0 Å². The van der Waals surface area contributed by atoms with Gasteiger partial charge in [0.15, 0.2) is 0 Å². The summed E-state index contributed by atoms with van der Waals surface area (Å²) in [5, 5.41) is 3.23. The van der Waals surface area contributed by atoms with Crippen LogP contribution in [-0.2, 0) is 14.3 Å². The van der Waals surface area contributed by atoms with Crippen LogP contribution in [0.15, 0.2) is 48.6 Å². The summed E-state index contributed by atoms with van der Waals surface area (Å²) in [6.45, 7) is 10.9. The number of hydrogen-bond donors (Lipinski definition) is 1. The summed E-state index contributed by atoms with van der Waals surface area (Å²) in [5.74, 6) is 2.23. The van der Waals surface area contributed by atoms with Gasteiger partial charge in [-0.3, -0.25) is 4.79 Å². The quantitative estimate of drug-likeness (QED) is 0.379. The molecule has 7 atom stereocenters. The number of carbonyl (C=O) groups is 2. The van der Waals surface area contributed by atoms with Gasteiger partial charge < -0.3 is 10.1 Å². The molecule has 0 spiro atoms. The fraction of sp³-hybridized carbons (Fsp3) is 0.630. The maximum Gasteiger partial charge on any atom is 0.338 e. The number of amides is 1. The second kappa shape index (κ2) is 8.44. The highest BCUT2D eigenvalue weighted by Crippen LogP contribution is 2.64. The van der Waals surface area contributed by atoms with Gasteiger partial charge in [0.2, 0.25) is 5.91 Å². The summed E-state index contributed by atoms with van der Waals surface area (Å²) in [6.07, 6.45) is 17.9. The number of ether oxygens (including phenoxy) is 1. The molecule has 4 aliphatic rings. The van der Waals surface area contributed by atoms with Gasteiger partial charge in [-0.2, -0.15) is 0 Å². The molecule has 4 nitrogen and oxygen atoms in total. The van der Waals surface area contributed by atoms with Crippen LogP contribution in [0.3, 0.4) is 0 Å². The van der Waals surface area contributed by atoms with Crippen LogP contribution in [0, 0.1) is 34.5 Å². The Bertz CT molecular complexity index is 839. The van der Waals surface area contributed by atoms with Crippen molar-refractivity contribution in [2.24, 2.45) is 34.5 Å². The minimum Gasteiger partial charge on any atom is -0.462 e. The monoisotopic (exact) mass is 423 g/mol. The number of fused-ring (bicyclic) bond motifs is 5. The van der Waals surface area contributed by atoms with Crippen LogP contribution < -0.4 is 5.32 Å². The Balaban J connectivity index is 1.47. The minimum atomic E-state index is -0.255. The maximum absolute atomic E-state index is 12.6. The molecule has 1 aliphatic heterocycles. The normalized spacial score (nSPS) is 41.8. The molecule has 4 heteroatoms. The number of carbonyl (C=O) groups excluding carboxylic acids is 2. The number of nitrogens with one attached hydrogen (secondary N) is 1. The number of hydrogen-bond acceptors (Lipinski definition) is 3. The Morgan fingerprint density at radius 1 is 1.23 bits per heavy atom. The first-order valence-corrected chi connectivity index (χ1v) is 12.0. The third kappa shape index (κ3) is 3.72. The lowest BCUT2D eigenvalue weighted by molar-refractivity contribution is -0.143. The van der Waals surface area contributed by atoms with Gasteiger partial charge in [0.25, 0.3) is 0 Å². The second-order valence-corrected chi connectivity index (χ2v) is 10.5. The second-order valence-electron chi connectivity index (χ2n) is 10.5. The number of esters is 1. The molecule has 0 saturated heterocycles. The van der Waals surface area contributed by atoms with Gasteiger partial charge in [-0.05, 0) is 86.7 Å². The molecule has 3 aliphatic carbocycles. The van der Waals surface area contributed by atoms with Gasteiger partial charge in [0, 0.05) is 11.5 Å². The zero-order chi connectivity index (χ0) is 22.2. The topological polar surface area (TPSA) is 55.4 Å². The van der Waals surface area contributed by atoms with Gasteiger partial charge >= 0.3 is 5.97 Å². The summed E-state index contributed by atoms with van der Waals surface area (Å²) >= 11 is 0. The molecular weight excluding hydrogens is 386 g/mol. The van der Waals surface area contributed by atoms with E-state index in [1.165, 1.54) is 25.7 Å². The minimum absolute atomic E-state index is 0.0621. The molecule has 7 unspecified atom stereocenters. The average molecular weight is 424 g/mol. The molecule has 3 saturated carbocycles. The molecule has 1 amide bonds. The Hall–Kier alpha value is -2.10. The highest BCUT2D eigenvalue weighted by molar-refractivity contribution is 5.91. The predicted molar refractivity (Wildman–Crippen MR) is 123 cm³/mol.